The number of carbonyl (C=O) groups excluding carboxylic acids is 4. The molecule has 0 radical (unpaired) electrons. The number of nitrogens with zero attached hydrogens (tertiary/aromatic N) is 2. The lowest BCUT2D eigenvalue weighted by molar-refractivity contribution is -0.122. The van der Waals surface area contributed by atoms with Crippen LogP contribution in [0.15, 0.2) is 72.1 Å². The van der Waals surface area contributed by atoms with Crippen molar-refractivity contribution in [2.75, 3.05) is 10.2 Å². The zero-order valence-corrected chi connectivity index (χ0v) is 18.2. The number of benzene rings is 2. The van der Waals surface area contributed by atoms with E-state index >= 15 is 0 Å². The van der Waals surface area contributed by atoms with E-state index in [2.05, 4.69) is 5.32 Å². The molecule has 1 aliphatic rings. The van der Waals surface area contributed by atoms with Gasteiger partial charge in [0.2, 0.25) is 11.8 Å². The molecule has 2 aromatic carbocycles. The van der Waals surface area contributed by atoms with E-state index in [0.29, 0.717) is 16.3 Å². The van der Waals surface area contributed by atoms with Crippen LogP contribution in [-0.4, -0.2) is 34.6 Å². The maximum atomic E-state index is 13.3. The molecule has 2 heterocycles. The number of amides is 4. The second-order valence-corrected chi connectivity index (χ2v) is 8.36. The third kappa shape index (κ3) is 4.45. The molecule has 162 valence electrons. The topological polar surface area (TPSA) is 86.8 Å². The first-order valence-corrected chi connectivity index (χ1v) is 10.9. The highest BCUT2D eigenvalue weighted by atomic mass is 32.1. The minimum absolute atomic E-state index is 0.0871. The molecule has 0 bridgehead atoms. The summed E-state index contributed by atoms with van der Waals surface area (Å²) in [7, 11) is 0. The van der Waals surface area contributed by atoms with Gasteiger partial charge in [-0.25, -0.2) is 4.90 Å². The van der Waals surface area contributed by atoms with Crippen molar-refractivity contribution in [2.45, 2.75) is 25.9 Å². The summed E-state index contributed by atoms with van der Waals surface area (Å²) >= 11 is 1.30. The van der Waals surface area contributed by atoms with Gasteiger partial charge in [0.1, 0.15) is 6.04 Å². The zero-order valence-electron chi connectivity index (χ0n) is 17.4. The molecule has 0 spiro atoms. The Labute approximate surface area is 189 Å². The smallest absolute Gasteiger partial charge is 0.264 e. The van der Waals surface area contributed by atoms with Crippen LogP contribution in [0.1, 0.15) is 28.6 Å². The van der Waals surface area contributed by atoms with Crippen molar-refractivity contribution in [3.8, 4) is 0 Å². The number of carbonyl (C=O) groups is 4. The molecule has 4 rings (SSSR count). The number of imide groups is 1. The first kappa shape index (κ1) is 21.5. The predicted octanol–water partition coefficient (Wildman–Crippen LogP) is 3.68. The Morgan fingerprint density at radius 1 is 1.03 bits per heavy atom. The highest BCUT2D eigenvalue weighted by Crippen LogP contribution is 2.29. The average molecular weight is 448 g/mol. The van der Waals surface area contributed by atoms with Gasteiger partial charge in [0.05, 0.1) is 17.0 Å². The Kier molecular flexibility index (Phi) is 6.13. The molecular weight excluding hydrogens is 426 g/mol. The monoisotopic (exact) mass is 447 g/mol. The fraction of sp³-hybridized carbons (Fsp3) is 0.167. The Balaban J connectivity index is 1.62. The summed E-state index contributed by atoms with van der Waals surface area (Å²) in [5, 5.41) is 4.45. The molecule has 1 N–H and O–H groups in total. The van der Waals surface area contributed by atoms with E-state index in [-0.39, 0.29) is 30.7 Å². The Hall–Kier alpha value is -3.78. The van der Waals surface area contributed by atoms with Crippen molar-refractivity contribution in [3.05, 3.63) is 82.6 Å². The summed E-state index contributed by atoms with van der Waals surface area (Å²) in [6.07, 6.45) is -0.0871. The first-order valence-electron chi connectivity index (χ1n) is 10.1. The minimum atomic E-state index is -0.896. The van der Waals surface area contributed by atoms with Gasteiger partial charge in [0.25, 0.3) is 11.8 Å². The van der Waals surface area contributed by atoms with E-state index in [1.165, 1.54) is 23.2 Å². The molecule has 0 saturated carbocycles. The number of anilines is 2. The van der Waals surface area contributed by atoms with E-state index in [4.69, 9.17) is 0 Å². The van der Waals surface area contributed by atoms with Gasteiger partial charge in [-0.1, -0.05) is 36.4 Å². The highest BCUT2D eigenvalue weighted by Gasteiger charge is 2.44. The lowest BCUT2D eigenvalue weighted by atomic mass is 10.1. The van der Waals surface area contributed by atoms with Gasteiger partial charge >= 0.3 is 0 Å². The fourth-order valence-electron chi connectivity index (χ4n) is 3.67. The molecule has 3 aromatic rings. The van der Waals surface area contributed by atoms with Gasteiger partial charge in [0, 0.05) is 19.2 Å². The van der Waals surface area contributed by atoms with Crippen molar-refractivity contribution in [1.82, 2.24) is 4.90 Å². The van der Waals surface area contributed by atoms with Crippen LogP contribution in [0.5, 0.6) is 0 Å². The largest absolute Gasteiger partial charge is 0.326 e. The number of nitrogens with one attached hydrogen (secondary N) is 1. The molecule has 1 atom stereocenters. The summed E-state index contributed by atoms with van der Waals surface area (Å²) in [4.78, 5) is 53.7. The highest BCUT2D eigenvalue weighted by molar-refractivity contribution is 7.12. The van der Waals surface area contributed by atoms with Crippen molar-refractivity contribution in [2.24, 2.45) is 0 Å². The summed E-state index contributed by atoms with van der Waals surface area (Å²) in [5.74, 6) is -1.31. The minimum Gasteiger partial charge on any atom is -0.326 e. The maximum Gasteiger partial charge on any atom is 0.264 e. The van der Waals surface area contributed by atoms with Crippen LogP contribution >= 0.6 is 11.3 Å². The van der Waals surface area contributed by atoms with E-state index in [1.807, 2.05) is 30.3 Å². The first-order chi connectivity index (χ1) is 15.4. The van der Waals surface area contributed by atoms with Gasteiger partial charge < -0.3 is 10.2 Å². The molecule has 7 nitrogen and oxygen atoms in total. The lowest BCUT2D eigenvalue weighted by Crippen LogP contribution is -2.44. The molecule has 8 heteroatoms. The van der Waals surface area contributed by atoms with Crippen molar-refractivity contribution >= 4 is 46.3 Å². The maximum absolute atomic E-state index is 13.3. The number of hydrogen-bond acceptors (Lipinski definition) is 5. The summed E-state index contributed by atoms with van der Waals surface area (Å²) in [5.41, 5.74) is 1.84. The van der Waals surface area contributed by atoms with E-state index < -0.39 is 11.9 Å². The molecule has 4 amide bonds. The van der Waals surface area contributed by atoms with Gasteiger partial charge in [-0.3, -0.25) is 19.2 Å². The van der Waals surface area contributed by atoms with Crippen LogP contribution in [0.3, 0.4) is 0 Å². The third-order valence-corrected chi connectivity index (χ3v) is 5.99. The van der Waals surface area contributed by atoms with Crippen LogP contribution < -0.4 is 10.2 Å². The third-order valence-electron chi connectivity index (χ3n) is 5.13. The Morgan fingerprint density at radius 2 is 1.75 bits per heavy atom. The summed E-state index contributed by atoms with van der Waals surface area (Å²) in [6, 6.07) is 18.4. The van der Waals surface area contributed by atoms with E-state index in [9.17, 15) is 19.2 Å². The summed E-state index contributed by atoms with van der Waals surface area (Å²) in [6.45, 7) is 1.62. The fourth-order valence-corrected chi connectivity index (χ4v) is 4.35. The second kappa shape index (κ2) is 9.15. The normalized spacial score (nSPS) is 15.7. The quantitative estimate of drug-likeness (QED) is 0.584. The van der Waals surface area contributed by atoms with Crippen LogP contribution in [-0.2, 0) is 20.9 Å². The predicted molar refractivity (Wildman–Crippen MR) is 122 cm³/mol. The van der Waals surface area contributed by atoms with Crippen LogP contribution in [0.25, 0.3) is 0 Å². The molecule has 1 saturated heterocycles. The molecule has 32 heavy (non-hydrogen) atoms. The lowest BCUT2D eigenvalue weighted by Gasteiger charge is -2.27. The molecule has 0 aliphatic carbocycles. The Morgan fingerprint density at radius 3 is 2.38 bits per heavy atom. The van der Waals surface area contributed by atoms with Gasteiger partial charge in [0.15, 0.2) is 0 Å². The molecular formula is C24H21N3O4S. The van der Waals surface area contributed by atoms with Crippen molar-refractivity contribution in [3.63, 3.8) is 0 Å². The van der Waals surface area contributed by atoms with Crippen LogP contribution in [0, 0.1) is 0 Å². The summed E-state index contributed by atoms with van der Waals surface area (Å²) < 4.78 is 0. The standard InChI is InChI=1S/C24H21N3O4S/c1-16(28)25-18-9-11-19(12-10-18)27-22(29)14-20(23(27)30)26(15-17-6-3-2-4-7-17)24(31)21-8-5-13-32-21/h2-13,20H,14-15H2,1H3,(H,25,28). The number of rotatable bonds is 6. The molecule has 1 unspecified atom stereocenters. The zero-order chi connectivity index (χ0) is 22.7. The number of thiophene rings is 1. The van der Waals surface area contributed by atoms with Crippen molar-refractivity contribution in [1.29, 1.82) is 0 Å². The Bertz CT molecular complexity index is 1140. The van der Waals surface area contributed by atoms with Gasteiger partial charge in [-0.05, 0) is 41.3 Å². The van der Waals surface area contributed by atoms with Gasteiger partial charge in [-0.2, -0.15) is 0 Å². The molecule has 1 fully saturated rings. The number of hydrogen-bond donors (Lipinski definition) is 1. The second-order valence-electron chi connectivity index (χ2n) is 7.41. The van der Waals surface area contributed by atoms with Crippen LogP contribution in [0.4, 0.5) is 11.4 Å². The van der Waals surface area contributed by atoms with Gasteiger partial charge in [-0.15, -0.1) is 11.3 Å². The molecule has 1 aliphatic heterocycles. The van der Waals surface area contributed by atoms with Crippen molar-refractivity contribution < 1.29 is 19.2 Å². The van der Waals surface area contributed by atoms with Crippen LogP contribution in [0.2, 0.25) is 0 Å². The van der Waals surface area contributed by atoms with E-state index in [0.717, 1.165) is 10.5 Å². The SMILES string of the molecule is CC(=O)Nc1ccc(N2C(=O)CC(N(Cc3ccccc3)C(=O)c3cccs3)C2=O)cc1. The molecule has 1 aromatic heterocycles. The average Bonchev–Trinajstić information content (AvgIpc) is 3.41. The van der Waals surface area contributed by atoms with E-state index in [1.54, 1.807) is 41.8 Å².